The number of carbonyl (C=O) groups is 3. The Morgan fingerprint density at radius 1 is 1.10 bits per heavy atom. The fourth-order valence-electron chi connectivity index (χ4n) is 3.26. The van der Waals surface area contributed by atoms with Crippen molar-refractivity contribution in [3.63, 3.8) is 0 Å². The van der Waals surface area contributed by atoms with Crippen molar-refractivity contribution in [2.45, 2.75) is 13.0 Å². The van der Waals surface area contributed by atoms with Gasteiger partial charge in [0.1, 0.15) is 11.5 Å². The molecule has 0 fully saturated rings. The molecule has 0 bridgehead atoms. The van der Waals surface area contributed by atoms with Crippen LogP contribution in [0.2, 0.25) is 0 Å². The molecule has 0 spiro atoms. The van der Waals surface area contributed by atoms with Crippen LogP contribution in [-0.4, -0.2) is 43.4 Å². The molecule has 0 radical (unpaired) electrons. The lowest BCUT2D eigenvalue weighted by atomic mass is 10.0. The van der Waals surface area contributed by atoms with Crippen molar-refractivity contribution < 1.29 is 23.9 Å². The summed E-state index contributed by atoms with van der Waals surface area (Å²) in [6.45, 7) is 5.51. The fraction of sp³-hybridized carbons (Fsp3) is 0.227. The number of imide groups is 1. The highest BCUT2D eigenvalue weighted by molar-refractivity contribution is 6.22. The van der Waals surface area contributed by atoms with Crippen LogP contribution in [0.4, 0.5) is 0 Å². The number of amides is 3. The van der Waals surface area contributed by atoms with Gasteiger partial charge in [-0.25, -0.2) is 0 Å². The van der Waals surface area contributed by atoms with E-state index in [9.17, 15) is 14.4 Å². The summed E-state index contributed by atoms with van der Waals surface area (Å²) in [6.07, 6.45) is 1.48. The molecule has 29 heavy (non-hydrogen) atoms. The number of carbonyl (C=O) groups excluding carboxylic acids is 3. The van der Waals surface area contributed by atoms with Crippen LogP contribution in [0.25, 0.3) is 0 Å². The molecule has 7 heteroatoms. The van der Waals surface area contributed by atoms with E-state index in [1.54, 1.807) is 32.4 Å². The number of methoxy groups -OCH3 is 2. The first-order valence-electron chi connectivity index (χ1n) is 9.05. The largest absolute Gasteiger partial charge is 0.497 e. The molecule has 0 saturated carbocycles. The Morgan fingerprint density at radius 3 is 2.48 bits per heavy atom. The summed E-state index contributed by atoms with van der Waals surface area (Å²) < 4.78 is 10.6. The number of rotatable bonds is 7. The third-order valence-corrected chi connectivity index (χ3v) is 4.80. The first-order valence-corrected chi connectivity index (χ1v) is 9.05. The summed E-state index contributed by atoms with van der Waals surface area (Å²) >= 11 is 0. The van der Waals surface area contributed by atoms with E-state index in [0.717, 1.165) is 10.5 Å². The van der Waals surface area contributed by atoms with Crippen LogP contribution in [0.1, 0.15) is 49.6 Å². The predicted molar refractivity (Wildman–Crippen MR) is 107 cm³/mol. The minimum atomic E-state index is -0.429. The van der Waals surface area contributed by atoms with Gasteiger partial charge in [-0.3, -0.25) is 19.3 Å². The minimum absolute atomic E-state index is 0.126. The Kier molecular flexibility index (Phi) is 5.68. The number of nitrogens with zero attached hydrogens (tertiary/aromatic N) is 1. The monoisotopic (exact) mass is 394 g/mol. The van der Waals surface area contributed by atoms with Crippen molar-refractivity contribution in [2.75, 3.05) is 20.8 Å². The first-order chi connectivity index (χ1) is 13.9. The maximum absolute atomic E-state index is 12.8. The number of ether oxygens (including phenoxy) is 2. The molecular formula is C22H22N2O5. The Hall–Kier alpha value is -3.61. The Bertz CT molecular complexity index is 999. The van der Waals surface area contributed by atoms with Crippen molar-refractivity contribution in [1.82, 2.24) is 10.2 Å². The molecule has 2 aromatic rings. The SMILES string of the molecule is C=CCN1C(=O)c2ccc(C(=O)N[C@@H](C)c3cc(OC)ccc3OC)cc2C1=O. The maximum Gasteiger partial charge on any atom is 0.261 e. The summed E-state index contributed by atoms with van der Waals surface area (Å²) in [6, 6.07) is 9.44. The van der Waals surface area contributed by atoms with Crippen LogP contribution in [-0.2, 0) is 0 Å². The maximum atomic E-state index is 12.8. The Labute approximate surface area is 168 Å². The fourth-order valence-corrected chi connectivity index (χ4v) is 3.26. The van der Waals surface area contributed by atoms with Crippen molar-refractivity contribution in [2.24, 2.45) is 0 Å². The second-order valence-electron chi connectivity index (χ2n) is 6.57. The zero-order chi connectivity index (χ0) is 21.1. The third-order valence-electron chi connectivity index (χ3n) is 4.80. The second kappa shape index (κ2) is 8.18. The standard InChI is InChI=1S/C22H22N2O5/c1-5-10-24-21(26)16-8-6-14(11-18(16)22(24)27)20(25)23-13(2)17-12-15(28-3)7-9-19(17)29-4/h5-9,11-13H,1,10H2,2-4H3,(H,23,25)/t13-/m0/s1. The van der Waals surface area contributed by atoms with Gasteiger partial charge in [0, 0.05) is 17.7 Å². The van der Waals surface area contributed by atoms with Crippen molar-refractivity contribution in [3.05, 3.63) is 71.3 Å². The van der Waals surface area contributed by atoms with Gasteiger partial charge in [0.05, 0.1) is 31.4 Å². The molecule has 1 N–H and O–H groups in total. The van der Waals surface area contributed by atoms with E-state index < -0.39 is 5.91 Å². The number of nitrogens with one attached hydrogen (secondary N) is 1. The summed E-state index contributed by atoms with van der Waals surface area (Å²) in [5.74, 6) is 0.0836. The molecule has 3 amide bonds. The molecule has 0 aliphatic carbocycles. The van der Waals surface area contributed by atoms with Gasteiger partial charge < -0.3 is 14.8 Å². The van der Waals surface area contributed by atoms with Crippen LogP contribution >= 0.6 is 0 Å². The van der Waals surface area contributed by atoms with Gasteiger partial charge in [0.15, 0.2) is 0 Å². The lowest BCUT2D eigenvalue weighted by molar-refractivity contribution is 0.0672. The van der Waals surface area contributed by atoms with E-state index in [2.05, 4.69) is 11.9 Å². The van der Waals surface area contributed by atoms with Gasteiger partial charge >= 0.3 is 0 Å². The number of hydrogen-bond acceptors (Lipinski definition) is 5. The van der Waals surface area contributed by atoms with Crippen LogP contribution in [0.3, 0.4) is 0 Å². The molecule has 0 aromatic heterocycles. The Balaban J connectivity index is 1.84. The average Bonchev–Trinajstić information content (AvgIpc) is 2.97. The first kappa shape index (κ1) is 20.1. The van der Waals surface area contributed by atoms with Gasteiger partial charge in [0.2, 0.25) is 0 Å². The summed E-state index contributed by atoms with van der Waals surface area (Å²) in [4.78, 5) is 38.6. The van der Waals surface area contributed by atoms with Gasteiger partial charge in [-0.2, -0.15) is 0 Å². The molecule has 7 nitrogen and oxygen atoms in total. The quantitative estimate of drug-likeness (QED) is 0.576. The molecule has 1 atom stereocenters. The van der Waals surface area contributed by atoms with E-state index in [4.69, 9.17) is 9.47 Å². The Morgan fingerprint density at radius 2 is 1.83 bits per heavy atom. The normalized spacial score (nSPS) is 13.7. The summed E-state index contributed by atoms with van der Waals surface area (Å²) in [5.41, 5.74) is 1.55. The zero-order valence-corrected chi connectivity index (χ0v) is 16.5. The lowest BCUT2D eigenvalue weighted by Gasteiger charge is -2.18. The van der Waals surface area contributed by atoms with E-state index in [0.29, 0.717) is 17.1 Å². The molecule has 1 aliphatic rings. The van der Waals surface area contributed by atoms with Crippen LogP contribution in [0.5, 0.6) is 11.5 Å². The van der Waals surface area contributed by atoms with Gasteiger partial charge in [-0.05, 0) is 43.3 Å². The molecular weight excluding hydrogens is 372 g/mol. The second-order valence-corrected chi connectivity index (χ2v) is 6.57. The molecule has 3 rings (SSSR count). The van der Waals surface area contributed by atoms with E-state index >= 15 is 0 Å². The van der Waals surface area contributed by atoms with Crippen molar-refractivity contribution >= 4 is 17.7 Å². The average molecular weight is 394 g/mol. The molecule has 2 aromatic carbocycles. The lowest BCUT2D eigenvalue weighted by Crippen LogP contribution is -2.29. The van der Waals surface area contributed by atoms with Crippen LogP contribution in [0.15, 0.2) is 49.1 Å². The zero-order valence-electron chi connectivity index (χ0n) is 16.5. The topological polar surface area (TPSA) is 84.9 Å². The van der Waals surface area contributed by atoms with E-state index in [1.165, 1.54) is 24.3 Å². The van der Waals surface area contributed by atoms with Crippen LogP contribution < -0.4 is 14.8 Å². The van der Waals surface area contributed by atoms with Crippen molar-refractivity contribution in [3.8, 4) is 11.5 Å². The minimum Gasteiger partial charge on any atom is -0.497 e. The number of fused-ring (bicyclic) bond motifs is 1. The summed E-state index contributed by atoms with van der Waals surface area (Å²) in [5, 5.41) is 2.89. The number of hydrogen-bond donors (Lipinski definition) is 1. The highest BCUT2D eigenvalue weighted by Crippen LogP contribution is 2.30. The molecule has 1 aliphatic heterocycles. The highest BCUT2D eigenvalue weighted by Gasteiger charge is 2.35. The smallest absolute Gasteiger partial charge is 0.261 e. The third kappa shape index (κ3) is 3.71. The predicted octanol–water partition coefficient (Wildman–Crippen LogP) is 2.98. The summed E-state index contributed by atoms with van der Waals surface area (Å²) in [7, 11) is 3.12. The van der Waals surface area contributed by atoms with E-state index in [1.807, 2.05) is 6.92 Å². The van der Waals surface area contributed by atoms with Crippen molar-refractivity contribution in [1.29, 1.82) is 0 Å². The van der Waals surface area contributed by atoms with Gasteiger partial charge in [-0.1, -0.05) is 6.08 Å². The number of benzene rings is 2. The molecule has 0 saturated heterocycles. The van der Waals surface area contributed by atoms with Gasteiger partial charge in [0.25, 0.3) is 17.7 Å². The molecule has 150 valence electrons. The van der Waals surface area contributed by atoms with Crippen LogP contribution in [0, 0.1) is 0 Å². The van der Waals surface area contributed by atoms with E-state index in [-0.39, 0.29) is 35.5 Å². The van der Waals surface area contributed by atoms with Gasteiger partial charge in [-0.15, -0.1) is 6.58 Å². The molecule has 0 unspecified atom stereocenters. The molecule has 1 heterocycles. The highest BCUT2D eigenvalue weighted by atomic mass is 16.5.